The van der Waals surface area contributed by atoms with Crippen molar-refractivity contribution in [3.63, 3.8) is 0 Å². The molecular weight excluding hydrogens is 332 g/mol. The Labute approximate surface area is 163 Å². The number of nitrogens with zero attached hydrogens (tertiary/aromatic N) is 2. The van der Waals surface area contributed by atoms with Gasteiger partial charge in [0.15, 0.2) is 0 Å². The molecule has 2 rings (SSSR count). The maximum atomic E-state index is 8.98. The fourth-order valence-corrected chi connectivity index (χ4v) is 2.98. The van der Waals surface area contributed by atoms with Gasteiger partial charge in [-0.1, -0.05) is 93.4 Å². The third-order valence-corrected chi connectivity index (χ3v) is 4.31. The average Bonchev–Trinajstić information content (AvgIpc) is 2.71. The summed E-state index contributed by atoms with van der Waals surface area (Å²) in [7, 11) is 0. The quantitative estimate of drug-likeness (QED) is 0.335. The van der Waals surface area contributed by atoms with Gasteiger partial charge in [-0.25, -0.2) is 0 Å². The normalized spacial score (nSPS) is 12.7. The predicted octanol–water partition coefficient (Wildman–Crippen LogP) is 5.57. The van der Waals surface area contributed by atoms with Crippen LogP contribution in [-0.4, -0.2) is 23.1 Å². The van der Waals surface area contributed by atoms with Crippen molar-refractivity contribution in [3.8, 4) is 0 Å². The van der Waals surface area contributed by atoms with Crippen LogP contribution in [0.5, 0.6) is 0 Å². The number of benzene rings is 2. The molecule has 0 aliphatic heterocycles. The minimum absolute atomic E-state index is 0.0693. The second-order valence-corrected chi connectivity index (χ2v) is 6.47. The van der Waals surface area contributed by atoms with Crippen LogP contribution in [0.3, 0.4) is 0 Å². The molecule has 0 aliphatic rings. The molecule has 0 bridgehead atoms. The molecule has 0 saturated carbocycles. The Kier molecular flexibility index (Phi) is 9.22. The van der Waals surface area contributed by atoms with Crippen LogP contribution in [0.25, 0.3) is 0 Å². The maximum Gasteiger partial charge on any atom is 0.0705 e. The standard InChI is InChI=1S/C24H30N2O/c1-3-12-23(21-16-6-5-7-17-21)25-26-24(13-4-2)22-18-9-8-14-20(22)15-10-11-19-27/h5-11,14,16-18,27H,3-4,12-13,15,19H2,1-2H3/b11-10+,25-23+,26-24+. The van der Waals surface area contributed by atoms with Crippen molar-refractivity contribution in [1.29, 1.82) is 0 Å². The van der Waals surface area contributed by atoms with Gasteiger partial charge in [0.05, 0.1) is 18.0 Å². The zero-order chi connectivity index (χ0) is 19.3. The van der Waals surface area contributed by atoms with E-state index in [9.17, 15) is 0 Å². The minimum Gasteiger partial charge on any atom is -0.392 e. The van der Waals surface area contributed by atoms with Crippen molar-refractivity contribution in [1.82, 2.24) is 0 Å². The predicted molar refractivity (Wildman–Crippen MR) is 116 cm³/mol. The van der Waals surface area contributed by atoms with E-state index in [-0.39, 0.29) is 6.61 Å². The van der Waals surface area contributed by atoms with Gasteiger partial charge in [-0.15, -0.1) is 0 Å². The van der Waals surface area contributed by atoms with Crippen molar-refractivity contribution >= 4 is 11.4 Å². The number of aliphatic hydroxyl groups excluding tert-OH is 1. The van der Waals surface area contributed by atoms with Crippen LogP contribution < -0.4 is 0 Å². The van der Waals surface area contributed by atoms with Crippen molar-refractivity contribution in [2.45, 2.75) is 46.0 Å². The monoisotopic (exact) mass is 362 g/mol. The molecule has 0 atom stereocenters. The Morgan fingerprint density at radius 3 is 2.15 bits per heavy atom. The van der Waals surface area contributed by atoms with E-state index in [1.807, 2.05) is 36.4 Å². The first-order valence-electron chi connectivity index (χ1n) is 9.83. The Bertz CT molecular complexity index is 776. The highest BCUT2D eigenvalue weighted by Crippen LogP contribution is 2.16. The molecule has 0 fully saturated rings. The third kappa shape index (κ3) is 6.61. The highest BCUT2D eigenvalue weighted by Gasteiger charge is 2.09. The lowest BCUT2D eigenvalue weighted by atomic mass is 9.98. The van der Waals surface area contributed by atoms with Crippen LogP contribution in [0.1, 0.15) is 56.2 Å². The Morgan fingerprint density at radius 2 is 1.44 bits per heavy atom. The molecule has 0 aromatic heterocycles. The topological polar surface area (TPSA) is 45.0 Å². The Hall–Kier alpha value is -2.52. The zero-order valence-electron chi connectivity index (χ0n) is 16.4. The summed E-state index contributed by atoms with van der Waals surface area (Å²) in [6.07, 6.45) is 8.41. The highest BCUT2D eigenvalue weighted by atomic mass is 16.2. The number of hydrogen-bond acceptors (Lipinski definition) is 3. The van der Waals surface area contributed by atoms with Crippen LogP contribution in [-0.2, 0) is 6.42 Å². The molecule has 0 radical (unpaired) electrons. The van der Waals surface area contributed by atoms with Gasteiger partial charge in [0, 0.05) is 5.56 Å². The van der Waals surface area contributed by atoms with E-state index < -0.39 is 0 Å². The van der Waals surface area contributed by atoms with Crippen molar-refractivity contribution in [3.05, 3.63) is 83.4 Å². The molecule has 0 amide bonds. The lowest BCUT2D eigenvalue weighted by Crippen LogP contribution is -2.06. The molecule has 2 aromatic carbocycles. The molecule has 3 heteroatoms. The van der Waals surface area contributed by atoms with E-state index in [0.717, 1.165) is 54.7 Å². The van der Waals surface area contributed by atoms with Crippen molar-refractivity contribution < 1.29 is 5.11 Å². The Morgan fingerprint density at radius 1 is 0.815 bits per heavy atom. The van der Waals surface area contributed by atoms with Gasteiger partial charge >= 0.3 is 0 Å². The summed E-state index contributed by atoms with van der Waals surface area (Å²) in [5.41, 5.74) is 5.55. The second kappa shape index (κ2) is 12.0. The van der Waals surface area contributed by atoms with Gasteiger partial charge in [0.1, 0.15) is 0 Å². The van der Waals surface area contributed by atoms with Crippen LogP contribution >= 0.6 is 0 Å². The summed E-state index contributed by atoms with van der Waals surface area (Å²) in [5, 5.41) is 18.3. The fraction of sp³-hybridized carbons (Fsp3) is 0.333. The Balaban J connectivity index is 2.39. The first-order valence-corrected chi connectivity index (χ1v) is 9.83. The molecule has 3 nitrogen and oxygen atoms in total. The number of allylic oxidation sites excluding steroid dienone is 1. The molecule has 142 valence electrons. The van der Waals surface area contributed by atoms with E-state index in [1.54, 1.807) is 6.08 Å². The van der Waals surface area contributed by atoms with Gasteiger partial charge in [-0.2, -0.15) is 10.2 Å². The van der Waals surface area contributed by atoms with E-state index in [2.05, 4.69) is 43.2 Å². The lowest BCUT2D eigenvalue weighted by Gasteiger charge is -2.10. The van der Waals surface area contributed by atoms with E-state index >= 15 is 0 Å². The number of rotatable bonds is 10. The van der Waals surface area contributed by atoms with Gasteiger partial charge < -0.3 is 5.11 Å². The fourth-order valence-electron chi connectivity index (χ4n) is 2.98. The van der Waals surface area contributed by atoms with Gasteiger partial charge in [0.2, 0.25) is 0 Å². The first kappa shape index (κ1) is 20.8. The molecule has 0 spiro atoms. The molecule has 0 heterocycles. The average molecular weight is 363 g/mol. The minimum atomic E-state index is 0.0693. The highest BCUT2D eigenvalue weighted by molar-refractivity contribution is 6.04. The summed E-state index contributed by atoms with van der Waals surface area (Å²) in [6, 6.07) is 18.6. The third-order valence-electron chi connectivity index (χ3n) is 4.31. The lowest BCUT2D eigenvalue weighted by molar-refractivity contribution is 0.342. The van der Waals surface area contributed by atoms with Crippen LogP contribution in [0.2, 0.25) is 0 Å². The summed E-state index contributed by atoms with van der Waals surface area (Å²) in [4.78, 5) is 0. The van der Waals surface area contributed by atoms with Crippen molar-refractivity contribution in [2.24, 2.45) is 10.2 Å². The molecule has 0 unspecified atom stereocenters. The molecular formula is C24H30N2O. The zero-order valence-corrected chi connectivity index (χ0v) is 16.4. The molecule has 0 aliphatic carbocycles. The van der Waals surface area contributed by atoms with E-state index in [0.29, 0.717) is 0 Å². The van der Waals surface area contributed by atoms with E-state index in [1.165, 1.54) is 5.56 Å². The summed E-state index contributed by atoms with van der Waals surface area (Å²) in [5.74, 6) is 0. The van der Waals surface area contributed by atoms with Crippen LogP contribution in [0, 0.1) is 0 Å². The molecule has 2 aromatic rings. The second-order valence-electron chi connectivity index (χ2n) is 6.47. The van der Waals surface area contributed by atoms with Gasteiger partial charge in [-0.05, 0) is 30.4 Å². The van der Waals surface area contributed by atoms with E-state index in [4.69, 9.17) is 10.2 Å². The van der Waals surface area contributed by atoms with Gasteiger partial charge in [0.25, 0.3) is 0 Å². The van der Waals surface area contributed by atoms with Crippen LogP contribution in [0.15, 0.2) is 77.0 Å². The van der Waals surface area contributed by atoms with Crippen molar-refractivity contribution in [2.75, 3.05) is 6.61 Å². The summed E-state index contributed by atoms with van der Waals surface area (Å²) < 4.78 is 0. The number of hydrogen-bond donors (Lipinski definition) is 1. The number of aliphatic hydroxyl groups is 1. The molecule has 0 saturated heterocycles. The molecule has 1 N–H and O–H groups in total. The SMILES string of the molecule is CCC/C(=N\N=C(/CCC)c1ccccc1C/C=C/CO)c1ccccc1. The first-order chi connectivity index (χ1) is 13.3. The van der Waals surface area contributed by atoms with Gasteiger partial charge in [-0.3, -0.25) is 0 Å². The maximum absolute atomic E-state index is 8.98. The van der Waals surface area contributed by atoms with Crippen LogP contribution in [0.4, 0.5) is 0 Å². The smallest absolute Gasteiger partial charge is 0.0705 e. The molecule has 27 heavy (non-hydrogen) atoms. The summed E-state index contributed by atoms with van der Waals surface area (Å²) >= 11 is 0. The largest absolute Gasteiger partial charge is 0.392 e. The summed E-state index contributed by atoms with van der Waals surface area (Å²) in [6.45, 7) is 4.40.